The van der Waals surface area contributed by atoms with Crippen LogP contribution in [0, 0.1) is 0 Å². The average molecular weight is 408 g/mol. The Hall–Kier alpha value is -3.94. The Kier molecular flexibility index (Phi) is 5.96. The summed E-state index contributed by atoms with van der Waals surface area (Å²) in [5.41, 5.74) is 0.428. The topological polar surface area (TPSA) is 126 Å². The molecule has 0 saturated carbocycles. The molecule has 0 atom stereocenters. The number of hydrogen-bond acceptors (Lipinski definition) is 5. The van der Waals surface area contributed by atoms with Gasteiger partial charge in [-0.3, -0.25) is 19.2 Å². The van der Waals surface area contributed by atoms with Crippen LogP contribution in [0.1, 0.15) is 28.8 Å². The molecule has 154 valence electrons. The highest BCUT2D eigenvalue weighted by Crippen LogP contribution is 2.29. The third-order valence-electron chi connectivity index (χ3n) is 4.70. The van der Waals surface area contributed by atoms with Crippen molar-refractivity contribution >= 4 is 34.3 Å². The molecular weight excluding hydrogens is 388 g/mol. The Morgan fingerprint density at radius 3 is 2.40 bits per heavy atom. The molecule has 1 heterocycles. The molecular formula is C22H20N2O6. The lowest BCUT2D eigenvalue weighted by atomic mass is 10.0. The number of aromatic hydroxyl groups is 1. The van der Waals surface area contributed by atoms with Crippen molar-refractivity contribution < 1.29 is 24.6 Å². The number of aryl methyl sites for hydroxylation is 1. The van der Waals surface area contributed by atoms with Crippen LogP contribution in [0.15, 0.2) is 53.3 Å². The van der Waals surface area contributed by atoms with E-state index in [4.69, 9.17) is 5.11 Å². The van der Waals surface area contributed by atoms with E-state index in [-0.39, 0.29) is 17.7 Å². The lowest BCUT2D eigenvalue weighted by molar-refractivity contribution is -0.137. The molecule has 3 rings (SSSR count). The van der Waals surface area contributed by atoms with Crippen molar-refractivity contribution in [2.45, 2.75) is 19.3 Å². The van der Waals surface area contributed by atoms with E-state index in [1.807, 2.05) is 30.3 Å². The normalized spacial score (nSPS) is 10.7. The fraction of sp³-hybridized carbons (Fsp3) is 0.182. The van der Waals surface area contributed by atoms with Crippen molar-refractivity contribution in [3.63, 3.8) is 0 Å². The number of nitrogens with one attached hydrogen (secondary N) is 1. The van der Waals surface area contributed by atoms with Crippen molar-refractivity contribution in [2.75, 3.05) is 5.32 Å². The molecule has 8 heteroatoms. The van der Waals surface area contributed by atoms with Crippen molar-refractivity contribution in [2.24, 2.45) is 7.05 Å². The smallest absolute Gasteiger partial charge is 0.303 e. The van der Waals surface area contributed by atoms with Crippen molar-refractivity contribution in [3.8, 4) is 5.75 Å². The number of rotatable bonds is 7. The van der Waals surface area contributed by atoms with Crippen molar-refractivity contribution in [1.82, 2.24) is 4.57 Å². The zero-order valence-electron chi connectivity index (χ0n) is 16.2. The van der Waals surface area contributed by atoms with Crippen LogP contribution < -0.4 is 10.9 Å². The lowest BCUT2D eigenvalue weighted by Crippen LogP contribution is -2.25. The van der Waals surface area contributed by atoms with E-state index < -0.39 is 41.5 Å². The molecule has 2 aromatic carbocycles. The van der Waals surface area contributed by atoms with Crippen LogP contribution >= 0.6 is 0 Å². The van der Waals surface area contributed by atoms with E-state index in [0.717, 1.165) is 5.56 Å². The maximum absolute atomic E-state index is 12.5. The molecule has 0 fully saturated rings. The predicted octanol–water partition coefficient (Wildman–Crippen LogP) is 2.47. The third kappa shape index (κ3) is 4.38. The van der Waals surface area contributed by atoms with Gasteiger partial charge in [0, 0.05) is 24.5 Å². The highest BCUT2D eigenvalue weighted by molar-refractivity contribution is 6.05. The largest absolute Gasteiger partial charge is 0.506 e. The molecule has 0 saturated heterocycles. The first-order valence-corrected chi connectivity index (χ1v) is 9.22. The van der Waals surface area contributed by atoms with Gasteiger partial charge < -0.3 is 20.1 Å². The van der Waals surface area contributed by atoms with E-state index in [1.54, 1.807) is 12.1 Å². The molecule has 0 bridgehead atoms. The minimum Gasteiger partial charge on any atom is -0.506 e. The number of Topliss-reactive ketones (excluding diaryl/α,β-unsaturated/α-hetero) is 1. The molecule has 0 aliphatic rings. The number of aliphatic carboxylic acids is 1. The van der Waals surface area contributed by atoms with Crippen LogP contribution in [0.4, 0.5) is 5.69 Å². The van der Waals surface area contributed by atoms with Gasteiger partial charge in [0.25, 0.3) is 5.56 Å². The van der Waals surface area contributed by atoms with Crippen LogP contribution in [0.2, 0.25) is 0 Å². The van der Waals surface area contributed by atoms with Gasteiger partial charge in [0.15, 0.2) is 5.78 Å². The zero-order chi connectivity index (χ0) is 21.8. The molecule has 1 aromatic heterocycles. The number of carbonyl (C=O) groups excluding carboxylic acids is 2. The van der Waals surface area contributed by atoms with Gasteiger partial charge in [-0.05, 0) is 23.8 Å². The quantitative estimate of drug-likeness (QED) is 0.516. The van der Waals surface area contributed by atoms with E-state index >= 15 is 0 Å². The van der Waals surface area contributed by atoms with Crippen LogP contribution in [0.5, 0.6) is 5.75 Å². The minimum absolute atomic E-state index is 0.164. The van der Waals surface area contributed by atoms with Gasteiger partial charge in [-0.25, -0.2) is 0 Å². The highest BCUT2D eigenvalue weighted by Gasteiger charge is 2.22. The summed E-state index contributed by atoms with van der Waals surface area (Å²) >= 11 is 0. The first kappa shape index (κ1) is 20.8. The predicted molar refractivity (Wildman–Crippen MR) is 111 cm³/mol. The number of pyridine rings is 1. The number of aromatic nitrogens is 1. The number of nitrogens with zero attached hydrogens (tertiary/aromatic N) is 1. The summed E-state index contributed by atoms with van der Waals surface area (Å²) in [6, 6.07) is 13.8. The number of amides is 1. The standard InChI is InChI=1S/C22H20N2O6/c1-24-16-8-7-14(23-18(26)11-13-5-3-2-4-6-13)12-15(16)21(29)20(22(24)30)17(25)9-10-19(27)28/h2-8,12,29H,9-11H2,1H3,(H,23,26)(H,27,28). The lowest BCUT2D eigenvalue weighted by Gasteiger charge is -2.13. The first-order valence-electron chi connectivity index (χ1n) is 9.22. The van der Waals surface area contributed by atoms with Crippen LogP contribution in [0.25, 0.3) is 10.9 Å². The van der Waals surface area contributed by atoms with Gasteiger partial charge >= 0.3 is 5.97 Å². The number of anilines is 1. The summed E-state index contributed by atoms with van der Waals surface area (Å²) in [6.45, 7) is 0. The number of hydrogen-bond donors (Lipinski definition) is 3. The Labute approximate surface area is 171 Å². The molecule has 1 amide bonds. The minimum atomic E-state index is -1.18. The average Bonchev–Trinajstić information content (AvgIpc) is 2.71. The molecule has 0 radical (unpaired) electrons. The second-order valence-corrected chi connectivity index (χ2v) is 6.85. The van der Waals surface area contributed by atoms with Crippen LogP contribution in [0.3, 0.4) is 0 Å². The van der Waals surface area contributed by atoms with Crippen LogP contribution in [-0.4, -0.2) is 32.4 Å². The summed E-state index contributed by atoms with van der Waals surface area (Å²) in [7, 11) is 1.45. The summed E-state index contributed by atoms with van der Waals surface area (Å²) < 4.78 is 1.21. The zero-order valence-corrected chi connectivity index (χ0v) is 16.2. The first-order chi connectivity index (χ1) is 14.3. The van der Waals surface area contributed by atoms with Gasteiger partial charge in [0.2, 0.25) is 5.91 Å². The fourth-order valence-corrected chi connectivity index (χ4v) is 3.19. The Morgan fingerprint density at radius 2 is 1.73 bits per heavy atom. The van der Waals surface area contributed by atoms with Crippen LogP contribution in [-0.2, 0) is 23.1 Å². The Balaban J connectivity index is 1.94. The summed E-state index contributed by atoms with van der Waals surface area (Å²) in [5, 5.41) is 22.3. The number of carbonyl (C=O) groups is 3. The molecule has 30 heavy (non-hydrogen) atoms. The number of benzene rings is 2. The molecule has 3 N–H and O–H groups in total. The fourth-order valence-electron chi connectivity index (χ4n) is 3.19. The van der Waals surface area contributed by atoms with Gasteiger partial charge in [0.1, 0.15) is 11.3 Å². The second-order valence-electron chi connectivity index (χ2n) is 6.85. The molecule has 0 aliphatic carbocycles. The number of carboxylic acids is 1. The van der Waals surface area contributed by atoms with Gasteiger partial charge in [-0.15, -0.1) is 0 Å². The Bertz CT molecular complexity index is 1200. The molecule has 8 nitrogen and oxygen atoms in total. The van der Waals surface area contributed by atoms with E-state index in [0.29, 0.717) is 11.2 Å². The monoisotopic (exact) mass is 408 g/mol. The highest BCUT2D eigenvalue weighted by atomic mass is 16.4. The molecule has 3 aromatic rings. The summed E-state index contributed by atoms with van der Waals surface area (Å²) in [5.74, 6) is -2.72. The number of fused-ring (bicyclic) bond motifs is 1. The van der Waals surface area contributed by atoms with E-state index in [1.165, 1.54) is 17.7 Å². The second kappa shape index (κ2) is 8.60. The van der Waals surface area contributed by atoms with Gasteiger partial charge in [-0.1, -0.05) is 30.3 Å². The van der Waals surface area contributed by atoms with E-state index in [2.05, 4.69) is 5.32 Å². The van der Waals surface area contributed by atoms with E-state index in [9.17, 15) is 24.3 Å². The molecule has 0 aliphatic heterocycles. The number of ketones is 1. The summed E-state index contributed by atoms with van der Waals surface area (Å²) in [4.78, 5) is 47.9. The van der Waals surface area contributed by atoms with Gasteiger partial charge in [0.05, 0.1) is 18.4 Å². The SMILES string of the molecule is Cn1c(=O)c(C(=O)CCC(=O)O)c(O)c2cc(NC(=O)Cc3ccccc3)ccc21. The maximum Gasteiger partial charge on any atom is 0.303 e. The molecule has 0 unspecified atom stereocenters. The van der Waals surface area contributed by atoms with Gasteiger partial charge in [-0.2, -0.15) is 0 Å². The van der Waals surface area contributed by atoms with Crippen molar-refractivity contribution in [3.05, 3.63) is 70.0 Å². The number of carboxylic acid groups (broad SMARTS) is 1. The molecule has 0 spiro atoms. The summed E-state index contributed by atoms with van der Waals surface area (Å²) in [6.07, 6.45) is -0.691. The Morgan fingerprint density at radius 1 is 1.03 bits per heavy atom. The third-order valence-corrected chi connectivity index (χ3v) is 4.70. The maximum atomic E-state index is 12.5. The van der Waals surface area contributed by atoms with Crippen molar-refractivity contribution in [1.29, 1.82) is 0 Å².